The molecule has 8 nitrogen and oxygen atoms in total. The Morgan fingerprint density at radius 3 is 2.52 bits per heavy atom. The quantitative estimate of drug-likeness (QED) is 0.233. The van der Waals surface area contributed by atoms with Crippen molar-refractivity contribution in [2.45, 2.75) is 84.7 Å². The molecule has 1 N–H and O–H groups in total. The van der Waals surface area contributed by atoms with Gasteiger partial charge in [0.15, 0.2) is 0 Å². The monoisotopic (exact) mass is 655 g/mol. The molecule has 0 unspecified atom stereocenters. The Kier molecular flexibility index (Phi) is 9.33. The van der Waals surface area contributed by atoms with Crippen molar-refractivity contribution in [2.24, 2.45) is 0 Å². The van der Waals surface area contributed by atoms with Gasteiger partial charge < -0.3 is 14.8 Å². The zero-order chi connectivity index (χ0) is 32.7. The summed E-state index contributed by atoms with van der Waals surface area (Å²) in [6, 6.07) is 8.68. The molecule has 6 rings (SSSR count). The van der Waals surface area contributed by atoms with E-state index in [4.69, 9.17) is 0 Å². The Labute approximate surface area is 272 Å². The van der Waals surface area contributed by atoms with E-state index in [2.05, 4.69) is 68.6 Å². The molecule has 2 saturated heterocycles. The highest BCUT2D eigenvalue weighted by molar-refractivity contribution is 7.18. The molecule has 0 saturated carbocycles. The minimum absolute atomic E-state index is 0.124. The molecule has 0 aliphatic carbocycles. The van der Waals surface area contributed by atoms with Crippen molar-refractivity contribution in [2.75, 3.05) is 45.1 Å². The molecule has 3 aromatic heterocycles. The Bertz CT molecular complexity index is 1720. The second kappa shape index (κ2) is 13.1. The summed E-state index contributed by atoms with van der Waals surface area (Å²) in [4.78, 5) is 29.3. The number of rotatable bonds is 9. The number of halogens is 3. The Morgan fingerprint density at radius 1 is 1.07 bits per heavy atom. The molecule has 2 fully saturated rings. The number of piperidine rings is 1. The fourth-order valence-electron chi connectivity index (χ4n) is 6.94. The van der Waals surface area contributed by atoms with Crippen LogP contribution < -0.4 is 5.32 Å². The maximum atomic E-state index is 13.1. The van der Waals surface area contributed by atoms with Crippen LogP contribution in [0.3, 0.4) is 0 Å². The van der Waals surface area contributed by atoms with E-state index in [1.54, 1.807) is 6.07 Å². The van der Waals surface area contributed by atoms with Crippen LogP contribution in [0.2, 0.25) is 0 Å². The summed E-state index contributed by atoms with van der Waals surface area (Å²) in [7, 11) is 1.99. The first kappa shape index (κ1) is 32.7. The third-order valence-corrected chi connectivity index (χ3v) is 10.6. The molecule has 0 spiro atoms. The van der Waals surface area contributed by atoms with E-state index in [9.17, 15) is 18.0 Å². The van der Waals surface area contributed by atoms with Crippen molar-refractivity contribution in [3.05, 3.63) is 51.8 Å². The largest absolute Gasteiger partial charge is 0.393 e. The number of carbonyl (C=O) groups is 1. The van der Waals surface area contributed by atoms with Crippen LogP contribution in [0.15, 0.2) is 24.3 Å². The lowest BCUT2D eigenvalue weighted by Gasteiger charge is -2.36. The van der Waals surface area contributed by atoms with Crippen LogP contribution in [0.1, 0.15) is 54.2 Å². The third-order valence-electron chi connectivity index (χ3n) is 9.60. The Morgan fingerprint density at radius 2 is 1.83 bits per heavy atom. The van der Waals surface area contributed by atoms with Gasteiger partial charge in [0, 0.05) is 79.2 Å². The summed E-state index contributed by atoms with van der Waals surface area (Å²) >= 11 is 1.11. The van der Waals surface area contributed by atoms with Gasteiger partial charge in [-0.05, 0) is 70.0 Å². The number of piperazine rings is 1. The summed E-state index contributed by atoms with van der Waals surface area (Å²) in [6.45, 7) is 14.1. The first-order valence-corrected chi connectivity index (χ1v) is 17.1. The summed E-state index contributed by atoms with van der Waals surface area (Å²) in [6.07, 6.45) is -2.73. The Balaban J connectivity index is 1.10. The van der Waals surface area contributed by atoms with Gasteiger partial charge in [-0.1, -0.05) is 13.0 Å². The van der Waals surface area contributed by atoms with Gasteiger partial charge in [-0.2, -0.15) is 13.2 Å². The zero-order valence-corrected chi connectivity index (χ0v) is 28.2. The lowest BCUT2D eigenvalue weighted by atomic mass is 10.0. The number of hydrogen-bond acceptors (Lipinski definition) is 7. The maximum absolute atomic E-state index is 13.1. The van der Waals surface area contributed by atoms with E-state index >= 15 is 0 Å². The number of hydrogen-bond donors (Lipinski definition) is 1. The second-order valence-electron chi connectivity index (χ2n) is 13.1. The number of fused-ring (bicyclic) bond motifs is 2. The summed E-state index contributed by atoms with van der Waals surface area (Å²) < 4.78 is 41.6. The highest BCUT2D eigenvalue weighted by atomic mass is 32.1. The lowest BCUT2D eigenvalue weighted by molar-refractivity contribution is -0.138. The third kappa shape index (κ3) is 7.03. The van der Waals surface area contributed by atoms with Crippen molar-refractivity contribution in [1.82, 2.24) is 29.2 Å². The summed E-state index contributed by atoms with van der Waals surface area (Å²) in [5, 5.41) is 5.51. The molecule has 248 valence electrons. The van der Waals surface area contributed by atoms with Gasteiger partial charge in [-0.3, -0.25) is 14.6 Å². The highest BCUT2D eigenvalue weighted by Gasteiger charge is 2.30. The van der Waals surface area contributed by atoms with Gasteiger partial charge in [0.25, 0.3) is 0 Å². The topological polar surface area (TPSA) is 69.5 Å². The fourth-order valence-corrected chi connectivity index (χ4v) is 8.02. The number of likely N-dealkylation sites (N-methyl/N-ethyl adjacent to an activating group) is 1. The number of carbonyl (C=O) groups excluding carboxylic acids is 1. The van der Waals surface area contributed by atoms with E-state index in [-0.39, 0.29) is 22.9 Å². The maximum Gasteiger partial charge on any atom is 0.393 e. The van der Waals surface area contributed by atoms with E-state index in [1.165, 1.54) is 27.7 Å². The van der Waals surface area contributed by atoms with Crippen LogP contribution in [0.25, 0.3) is 21.1 Å². The number of likely N-dealkylation sites (tertiary alicyclic amines) is 1. The molecule has 1 atom stereocenters. The van der Waals surface area contributed by atoms with Crippen molar-refractivity contribution in [1.29, 1.82) is 0 Å². The highest BCUT2D eigenvalue weighted by Crippen LogP contribution is 2.34. The number of nitrogens with zero attached hydrogens (tertiary/aromatic N) is 6. The van der Waals surface area contributed by atoms with Gasteiger partial charge >= 0.3 is 6.18 Å². The normalized spacial score (nSPS) is 18.3. The van der Waals surface area contributed by atoms with E-state index < -0.39 is 12.6 Å². The number of aryl methyl sites for hydroxylation is 3. The lowest BCUT2D eigenvalue weighted by Crippen LogP contribution is -2.53. The second-order valence-corrected chi connectivity index (χ2v) is 14.2. The number of anilines is 1. The molecule has 46 heavy (non-hydrogen) atoms. The molecule has 0 bridgehead atoms. The average molecular weight is 656 g/mol. The Hall–Kier alpha value is -3.22. The minimum atomic E-state index is -4.25. The van der Waals surface area contributed by atoms with E-state index in [1.807, 2.05) is 18.9 Å². The number of aromatic nitrogens is 3. The SMILES string of the molecule is CCc1nc(NC2CCN(Cc3ccc4c(cc(C)n4C[C@H](C)N4CCN(C)CC4=O)c3C)CC2)c2cc(CC(F)(F)F)sc2n1. The molecule has 12 heteroatoms. The number of benzene rings is 1. The average Bonchev–Trinajstić information content (AvgIpc) is 3.54. The van der Waals surface area contributed by atoms with Crippen LogP contribution in [-0.4, -0.2) is 93.2 Å². The summed E-state index contributed by atoms with van der Waals surface area (Å²) in [5.41, 5.74) is 5.03. The molecule has 2 aliphatic rings. The fraction of sp³-hybridized carbons (Fsp3) is 0.559. The number of amides is 1. The smallest absolute Gasteiger partial charge is 0.367 e. The number of thiophene rings is 1. The van der Waals surface area contributed by atoms with Gasteiger partial charge in [0.1, 0.15) is 16.5 Å². The van der Waals surface area contributed by atoms with Crippen LogP contribution in [-0.2, 0) is 30.7 Å². The van der Waals surface area contributed by atoms with Gasteiger partial charge in [-0.15, -0.1) is 11.3 Å². The van der Waals surface area contributed by atoms with Crippen molar-refractivity contribution < 1.29 is 18.0 Å². The van der Waals surface area contributed by atoms with Crippen LogP contribution >= 0.6 is 11.3 Å². The number of alkyl halides is 3. The molecule has 5 heterocycles. The van der Waals surface area contributed by atoms with Crippen molar-refractivity contribution in [3.63, 3.8) is 0 Å². The molecule has 2 aliphatic heterocycles. The molecular formula is C34H44F3N7OS. The summed E-state index contributed by atoms with van der Waals surface area (Å²) in [5.74, 6) is 1.49. The van der Waals surface area contributed by atoms with Gasteiger partial charge in [0.05, 0.1) is 18.4 Å². The predicted octanol–water partition coefficient (Wildman–Crippen LogP) is 6.17. The van der Waals surface area contributed by atoms with E-state index in [0.29, 0.717) is 34.8 Å². The van der Waals surface area contributed by atoms with E-state index in [0.717, 1.165) is 63.4 Å². The molecular weight excluding hydrogens is 611 g/mol. The molecule has 0 radical (unpaired) electrons. The van der Waals surface area contributed by atoms with Gasteiger partial charge in [-0.25, -0.2) is 9.97 Å². The molecule has 4 aromatic rings. The molecule has 1 amide bonds. The number of nitrogens with one attached hydrogen (secondary N) is 1. The first-order valence-electron chi connectivity index (χ1n) is 16.3. The minimum Gasteiger partial charge on any atom is -0.367 e. The van der Waals surface area contributed by atoms with Crippen LogP contribution in [0.4, 0.5) is 19.0 Å². The van der Waals surface area contributed by atoms with Crippen molar-refractivity contribution >= 4 is 44.2 Å². The zero-order valence-electron chi connectivity index (χ0n) is 27.4. The molecule has 1 aromatic carbocycles. The standard InChI is InChI=1S/C34H44F3N7OS/c1-6-30-39-32(28-16-26(17-34(35,36)37)46-33(28)40-30)38-25-9-11-42(12-10-25)19-24-7-8-29-27(23(24)4)15-21(2)44(29)18-22(3)43-14-13-41(5)20-31(43)45/h7-8,15-16,22,25H,6,9-14,17-20H2,1-5H3,(H,38,39,40)/t22-/m0/s1. The van der Waals surface area contributed by atoms with Crippen LogP contribution in [0, 0.1) is 13.8 Å². The van der Waals surface area contributed by atoms with Gasteiger partial charge in [0.2, 0.25) is 5.91 Å². The van der Waals surface area contributed by atoms with Crippen LogP contribution in [0.5, 0.6) is 0 Å². The first-order chi connectivity index (χ1) is 21.9. The predicted molar refractivity (Wildman–Crippen MR) is 179 cm³/mol. The van der Waals surface area contributed by atoms with Crippen molar-refractivity contribution in [3.8, 4) is 0 Å².